The molecule has 1 aromatic carbocycles. The highest BCUT2D eigenvalue weighted by atomic mass is 127. The summed E-state index contributed by atoms with van der Waals surface area (Å²) < 4.78 is 3.07. The first kappa shape index (κ1) is 23.0. The number of halogens is 2. The van der Waals surface area contributed by atoms with Crippen LogP contribution in [0.2, 0.25) is 0 Å². The van der Waals surface area contributed by atoms with Gasteiger partial charge in [0.2, 0.25) is 0 Å². The summed E-state index contributed by atoms with van der Waals surface area (Å²) in [5, 5.41) is 11.5. The van der Waals surface area contributed by atoms with Crippen LogP contribution in [0.15, 0.2) is 33.7 Å². The number of nitrogens with zero attached hydrogens (tertiary/aromatic N) is 4. The Labute approximate surface area is 193 Å². The van der Waals surface area contributed by atoms with Gasteiger partial charge < -0.3 is 15.5 Å². The third kappa shape index (κ3) is 5.40. The lowest BCUT2D eigenvalue weighted by molar-refractivity contribution is 0.649. The van der Waals surface area contributed by atoms with Crippen molar-refractivity contribution in [2.24, 2.45) is 12.0 Å². The van der Waals surface area contributed by atoms with Crippen LogP contribution in [0.1, 0.15) is 30.3 Å². The van der Waals surface area contributed by atoms with Crippen LogP contribution in [0.5, 0.6) is 0 Å². The number of hydrogen-bond donors (Lipinski definition) is 2. The molecule has 2 heterocycles. The van der Waals surface area contributed by atoms with Crippen LogP contribution in [0.4, 0.5) is 5.69 Å². The highest BCUT2D eigenvalue weighted by Crippen LogP contribution is 2.28. The SMILES string of the molecule is CCNC(=NCc1c(C)nn(C)c1C)NC1CCN(c2ccccc2Br)C1.I. The molecule has 0 amide bonds. The number of aliphatic imine (C=N–C) groups is 1. The Balaban J connectivity index is 0.00000280. The van der Waals surface area contributed by atoms with Crippen molar-refractivity contribution in [2.45, 2.75) is 39.8 Å². The summed E-state index contributed by atoms with van der Waals surface area (Å²) in [6.07, 6.45) is 1.09. The van der Waals surface area contributed by atoms with Crippen LogP contribution in [-0.4, -0.2) is 41.4 Å². The van der Waals surface area contributed by atoms with Crippen LogP contribution in [0.25, 0.3) is 0 Å². The van der Waals surface area contributed by atoms with Crippen molar-refractivity contribution >= 4 is 51.6 Å². The highest BCUT2D eigenvalue weighted by Gasteiger charge is 2.24. The summed E-state index contributed by atoms with van der Waals surface area (Å²) in [5.41, 5.74) is 4.69. The Morgan fingerprint density at radius 3 is 2.71 bits per heavy atom. The highest BCUT2D eigenvalue weighted by molar-refractivity contribution is 14.0. The zero-order valence-electron chi connectivity index (χ0n) is 17.0. The molecule has 0 spiro atoms. The van der Waals surface area contributed by atoms with Crippen molar-refractivity contribution in [3.8, 4) is 0 Å². The van der Waals surface area contributed by atoms with Gasteiger partial charge in [0, 0.05) is 48.5 Å². The lowest BCUT2D eigenvalue weighted by atomic mass is 10.2. The lowest BCUT2D eigenvalue weighted by Gasteiger charge is -2.21. The monoisotopic (exact) mass is 560 g/mol. The molecule has 154 valence electrons. The van der Waals surface area contributed by atoms with Gasteiger partial charge in [-0.3, -0.25) is 4.68 Å². The molecule has 1 aliphatic rings. The molecule has 0 saturated carbocycles. The molecule has 2 N–H and O–H groups in total. The molecule has 0 radical (unpaired) electrons. The second-order valence-electron chi connectivity index (χ2n) is 7.00. The fraction of sp³-hybridized carbons (Fsp3) is 0.500. The Kier molecular flexibility index (Phi) is 8.60. The predicted molar refractivity (Wildman–Crippen MR) is 131 cm³/mol. The fourth-order valence-corrected chi connectivity index (χ4v) is 4.06. The third-order valence-corrected chi connectivity index (χ3v) is 5.79. The van der Waals surface area contributed by atoms with E-state index < -0.39 is 0 Å². The molecule has 2 aromatic rings. The largest absolute Gasteiger partial charge is 0.368 e. The molecule has 6 nitrogen and oxygen atoms in total. The number of anilines is 1. The molecular formula is C20H30BrIN6. The summed E-state index contributed by atoms with van der Waals surface area (Å²) in [5.74, 6) is 0.874. The van der Waals surface area contributed by atoms with Crippen molar-refractivity contribution in [3.63, 3.8) is 0 Å². The normalized spacial score (nSPS) is 16.8. The average molecular weight is 561 g/mol. The zero-order chi connectivity index (χ0) is 19.4. The van der Waals surface area contributed by atoms with Crippen molar-refractivity contribution < 1.29 is 0 Å². The Morgan fingerprint density at radius 2 is 2.07 bits per heavy atom. The first-order valence-electron chi connectivity index (χ1n) is 9.53. The van der Waals surface area contributed by atoms with E-state index in [-0.39, 0.29) is 24.0 Å². The molecule has 1 fully saturated rings. The molecular weight excluding hydrogens is 531 g/mol. The Bertz CT molecular complexity index is 819. The third-order valence-electron chi connectivity index (χ3n) is 5.12. The van der Waals surface area contributed by atoms with Gasteiger partial charge in [0.25, 0.3) is 0 Å². The van der Waals surface area contributed by atoms with E-state index in [0.717, 1.165) is 42.2 Å². The van der Waals surface area contributed by atoms with Crippen LogP contribution in [0, 0.1) is 13.8 Å². The summed E-state index contributed by atoms with van der Waals surface area (Å²) in [6, 6.07) is 8.79. The minimum absolute atomic E-state index is 0. The summed E-state index contributed by atoms with van der Waals surface area (Å²) in [4.78, 5) is 7.23. The van der Waals surface area contributed by atoms with E-state index in [9.17, 15) is 0 Å². The van der Waals surface area contributed by atoms with E-state index in [1.807, 2.05) is 18.7 Å². The first-order valence-corrected chi connectivity index (χ1v) is 10.3. The summed E-state index contributed by atoms with van der Waals surface area (Å²) in [7, 11) is 1.98. The Hall–Kier alpha value is -1.29. The van der Waals surface area contributed by atoms with Gasteiger partial charge in [-0.05, 0) is 55.3 Å². The second kappa shape index (κ2) is 10.5. The number of aryl methyl sites for hydroxylation is 2. The average Bonchev–Trinajstić information content (AvgIpc) is 3.19. The van der Waals surface area contributed by atoms with Gasteiger partial charge in [0.1, 0.15) is 0 Å². The quantitative estimate of drug-likeness (QED) is 0.332. The molecule has 1 saturated heterocycles. The van der Waals surface area contributed by atoms with Gasteiger partial charge in [-0.1, -0.05) is 12.1 Å². The molecule has 28 heavy (non-hydrogen) atoms. The molecule has 1 aromatic heterocycles. The minimum atomic E-state index is 0. The molecule has 1 unspecified atom stereocenters. The first-order chi connectivity index (χ1) is 13.0. The number of hydrogen-bond acceptors (Lipinski definition) is 3. The van der Waals surface area contributed by atoms with Gasteiger partial charge in [0.05, 0.1) is 17.9 Å². The molecule has 1 atom stereocenters. The lowest BCUT2D eigenvalue weighted by Crippen LogP contribution is -2.44. The zero-order valence-corrected chi connectivity index (χ0v) is 20.9. The van der Waals surface area contributed by atoms with E-state index in [0.29, 0.717) is 12.6 Å². The molecule has 8 heteroatoms. The minimum Gasteiger partial charge on any atom is -0.368 e. The number of para-hydroxylation sites is 1. The number of rotatable bonds is 5. The molecule has 0 aliphatic carbocycles. The van der Waals surface area contributed by atoms with Gasteiger partial charge in [-0.25, -0.2) is 4.99 Å². The van der Waals surface area contributed by atoms with Gasteiger partial charge in [0.15, 0.2) is 5.96 Å². The van der Waals surface area contributed by atoms with Crippen molar-refractivity contribution in [2.75, 3.05) is 24.5 Å². The number of aromatic nitrogens is 2. The number of guanidine groups is 1. The van der Waals surface area contributed by atoms with E-state index in [4.69, 9.17) is 4.99 Å². The standard InChI is InChI=1S/C20H29BrN6.HI/c1-5-22-20(23-12-17-14(2)25-26(4)15(17)3)24-16-10-11-27(13-16)19-9-7-6-8-18(19)21;/h6-9,16H,5,10-13H2,1-4H3,(H2,22,23,24);1H. The Morgan fingerprint density at radius 1 is 1.32 bits per heavy atom. The maximum absolute atomic E-state index is 4.81. The van der Waals surface area contributed by atoms with Crippen molar-refractivity contribution in [3.05, 3.63) is 45.7 Å². The predicted octanol–water partition coefficient (Wildman–Crippen LogP) is 3.75. The molecule has 1 aliphatic heterocycles. The van der Waals surface area contributed by atoms with Gasteiger partial charge in [-0.2, -0.15) is 5.10 Å². The van der Waals surface area contributed by atoms with Crippen molar-refractivity contribution in [1.29, 1.82) is 0 Å². The van der Waals surface area contributed by atoms with Crippen LogP contribution in [0.3, 0.4) is 0 Å². The van der Waals surface area contributed by atoms with E-state index in [1.165, 1.54) is 16.9 Å². The van der Waals surface area contributed by atoms with E-state index in [1.54, 1.807) is 0 Å². The van der Waals surface area contributed by atoms with E-state index >= 15 is 0 Å². The molecule has 0 bridgehead atoms. The topological polar surface area (TPSA) is 57.5 Å². The van der Waals surface area contributed by atoms with Gasteiger partial charge in [-0.15, -0.1) is 24.0 Å². The van der Waals surface area contributed by atoms with Crippen molar-refractivity contribution in [1.82, 2.24) is 20.4 Å². The smallest absolute Gasteiger partial charge is 0.191 e. The van der Waals surface area contributed by atoms with Crippen LogP contribution in [-0.2, 0) is 13.6 Å². The maximum atomic E-state index is 4.81. The second-order valence-corrected chi connectivity index (χ2v) is 7.85. The van der Waals surface area contributed by atoms with Crippen LogP contribution < -0.4 is 15.5 Å². The summed E-state index contributed by atoms with van der Waals surface area (Å²) in [6.45, 7) is 9.74. The fourth-order valence-electron chi connectivity index (χ4n) is 3.52. The number of nitrogens with one attached hydrogen (secondary N) is 2. The maximum Gasteiger partial charge on any atom is 0.191 e. The van der Waals surface area contributed by atoms with Crippen LogP contribution >= 0.6 is 39.9 Å². The number of benzene rings is 1. The van der Waals surface area contributed by atoms with E-state index in [2.05, 4.69) is 74.7 Å². The summed E-state index contributed by atoms with van der Waals surface area (Å²) >= 11 is 3.66. The molecule has 3 rings (SSSR count). The van der Waals surface area contributed by atoms with Gasteiger partial charge >= 0.3 is 0 Å².